The predicted molar refractivity (Wildman–Crippen MR) is 139 cm³/mol. The van der Waals surface area contributed by atoms with E-state index >= 15 is 0 Å². The summed E-state index contributed by atoms with van der Waals surface area (Å²) in [4.78, 5) is 0. The Balaban J connectivity index is 0.00000121. The van der Waals surface area contributed by atoms with Crippen molar-refractivity contribution in [2.75, 3.05) is 13.2 Å². The van der Waals surface area contributed by atoms with E-state index in [1.165, 1.54) is 54.4 Å². The summed E-state index contributed by atoms with van der Waals surface area (Å²) in [6, 6.07) is 18.3. The lowest BCUT2D eigenvalue weighted by Crippen LogP contribution is -2.10. The number of hydrogen-bond acceptors (Lipinski definition) is 2. The van der Waals surface area contributed by atoms with Crippen LogP contribution in [0.1, 0.15) is 101 Å². The molecule has 0 spiro atoms. The highest BCUT2D eigenvalue weighted by atomic mass is 16.3. The van der Waals surface area contributed by atoms with Gasteiger partial charge in [-0.2, -0.15) is 0 Å². The molecule has 2 N–H and O–H groups in total. The number of hydrogen-bond donors (Lipinski definition) is 2. The van der Waals surface area contributed by atoms with E-state index in [0.717, 1.165) is 38.0 Å². The first kappa shape index (κ1) is 28.4. The van der Waals surface area contributed by atoms with Crippen LogP contribution in [0.3, 0.4) is 0 Å². The van der Waals surface area contributed by atoms with E-state index in [2.05, 4.69) is 48.5 Å². The molecule has 2 nitrogen and oxygen atoms in total. The van der Waals surface area contributed by atoms with Crippen molar-refractivity contribution < 1.29 is 10.2 Å². The Kier molecular flexibility index (Phi) is 15.8. The average Bonchev–Trinajstić information content (AvgIpc) is 2.89. The molecule has 0 aliphatic heterocycles. The molecule has 0 bridgehead atoms. The van der Waals surface area contributed by atoms with Gasteiger partial charge in [-0.25, -0.2) is 0 Å². The molecule has 0 saturated heterocycles. The molecule has 0 unspecified atom stereocenters. The topological polar surface area (TPSA) is 40.5 Å². The Labute approximate surface area is 198 Å². The predicted octanol–water partition coefficient (Wildman–Crippen LogP) is 7.50. The van der Waals surface area contributed by atoms with Crippen molar-refractivity contribution in [1.82, 2.24) is 0 Å². The number of rotatable bonds is 10. The molecule has 2 aromatic carbocycles. The van der Waals surface area contributed by atoms with Crippen molar-refractivity contribution >= 4 is 0 Å². The normalized spacial score (nSPS) is 13.7. The van der Waals surface area contributed by atoms with Gasteiger partial charge in [-0.05, 0) is 73.1 Å². The standard InChI is InChI=1S/C26H36O2.2C2H6/c27-19-24(20-28)6-4-5-21-9-11-22(12-10-21)13-14-23-15-17-26(18-16-23)25-7-2-1-3-8-25;2*1-2/h9-12,15-18,24-25,27-28H,1-8,13-14,19-20H2;2*1-2H3. The van der Waals surface area contributed by atoms with Gasteiger partial charge in [0.05, 0.1) is 0 Å². The van der Waals surface area contributed by atoms with Gasteiger partial charge in [0.25, 0.3) is 0 Å². The maximum Gasteiger partial charge on any atom is 0.0481 e. The van der Waals surface area contributed by atoms with Crippen LogP contribution in [0.2, 0.25) is 0 Å². The lowest BCUT2D eigenvalue weighted by atomic mass is 9.84. The molecule has 1 aliphatic carbocycles. The minimum atomic E-state index is 0.0313. The summed E-state index contributed by atoms with van der Waals surface area (Å²) in [6.07, 6.45) is 12.0. The Morgan fingerprint density at radius 1 is 0.656 bits per heavy atom. The molecule has 2 heteroatoms. The van der Waals surface area contributed by atoms with E-state index in [1.807, 2.05) is 27.7 Å². The zero-order valence-electron chi connectivity index (χ0n) is 21.2. The fourth-order valence-electron chi connectivity index (χ4n) is 4.39. The highest BCUT2D eigenvalue weighted by Gasteiger charge is 2.15. The van der Waals surface area contributed by atoms with Crippen LogP contribution in [-0.2, 0) is 19.3 Å². The molecule has 0 radical (unpaired) electrons. The zero-order valence-corrected chi connectivity index (χ0v) is 21.2. The van der Waals surface area contributed by atoms with Crippen LogP contribution in [0.5, 0.6) is 0 Å². The van der Waals surface area contributed by atoms with Gasteiger partial charge in [0.2, 0.25) is 0 Å². The quantitative estimate of drug-likeness (QED) is 0.401. The van der Waals surface area contributed by atoms with Gasteiger partial charge in [-0.15, -0.1) is 0 Å². The lowest BCUT2D eigenvalue weighted by Gasteiger charge is -2.22. The summed E-state index contributed by atoms with van der Waals surface area (Å²) in [5, 5.41) is 18.3. The second kappa shape index (κ2) is 17.9. The Hall–Kier alpha value is -1.64. The second-order valence-electron chi connectivity index (χ2n) is 8.52. The molecule has 1 aliphatic rings. The summed E-state index contributed by atoms with van der Waals surface area (Å²) in [5.74, 6) is 0.823. The minimum Gasteiger partial charge on any atom is -0.396 e. The van der Waals surface area contributed by atoms with Gasteiger partial charge in [0.1, 0.15) is 0 Å². The monoisotopic (exact) mass is 440 g/mol. The molecule has 0 amide bonds. The molecule has 32 heavy (non-hydrogen) atoms. The van der Waals surface area contributed by atoms with Gasteiger partial charge in [-0.1, -0.05) is 95.5 Å². The van der Waals surface area contributed by atoms with Gasteiger partial charge in [0.15, 0.2) is 0 Å². The van der Waals surface area contributed by atoms with Gasteiger partial charge in [-0.3, -0.25) is 0 Å². The Morgan fingerprint density at radius 2 is 1.09 bits per heavy atom. The van der Waals surface area contributed by atoms with Crippen LogP contribution in [0.4, 0.5) is 0 Å². The minimum absolute atomic E-state index is 0.0313. The van der Waals surface area contributed by atoms with Crippen LogP contribution in [-0.4, -0.2) is 23.4 Å². The maximum atomic E-state index is 9.13. The molecular formula is C30H48O2. The highest BCUT2D eigenvalue weighted by molar-refractivity contribution is 5.28. The summed E-state index contributed by atoms with van der Waals surface area (Å²) >= 11 is 0. The molecule has 2 aromatic rings. The fourth-order valence-corrected chi connectivity index (χ4v) is 4.39. The summed E-state index contributed by atoms with van der Waals surface area (Å²) < 4.78 is 0. The molecule has 1 saturated carbocycles. The zero-order chi connectivity index (χ0) is 23.6. The molecule has 0 heterocycles. The maximum absolute atomic E-state index is 9.13. The van der Waals surface area contributed by atoms with Crippen LogP contribution in [0.25, 0.3) is 0 Å². The lowest BCUT2D eigenvalue weighted by molar-refractivity contribution is 0.142. The van der Waals surface area contributed by atoms with Gasteiger partial charge >= 0.3 is 0 Å². The van der Waals surface area contributed by atoms with E-state index in [4.69, 9.17) is 10.2 Å². The number of benzene rings is 2. The smallest absolute Gasteiger partial charge is 0.0481 e. The summed E-state index contributed by atoms with van der Waals surface area (Å²) in [5.41, 5.74) is 5.71. The van der Waals surface area contributed by atoms with Crippen molar-refractivity contribution in [2.45, 2.75) is 97.8 Å². The molecule has 3 rings (SSSR count). The van der Waals surface area contributed by atoms with Crippen LogP contribution >= 0.6 is 0 Å². The molecule has 0 atom stereocenters. The SMILES string of the molecule is CC.CC.OCC(CO)CCCc1ccc(CCc2ccc(C3CCCCC3)cc2)cc1. The van der Waals surface area contributed by atoms with Crippen LogP contribution in [0, 0.1) is 5.92 Å². The third-order valence-electron chi connectivity index (χ3n) is 6.38. The van der Waals surface area contributed by atoms with Crippen molar-refractivity contribution in [1.29, 1.82) is 0 Å². The van der Waals surface area contributed by atoms with Crippen molar-refractivity contribution in [2.24, 2.45) is 5.92 Å². The van der Waals surface area contributed by atoms with Crippen LogP contribution < -0.4 is 0 Å². The van der Waals surface area contributed by atoms with Crippen molar-refractivity contribution in [3.8, 4) is 0 Å². The number of aliphatic hydroxyl groups is 2. The second-order valence-corrected chi connectivity index (χ2v) is 8.52. The Morgan fingerprint density at radius 3 is 1.56 bits per heavy atom. The molecule has 0 aromatic heterocycles. The van der Waals surface area contributed by atoms with E-state index < -0.39 is 0 Å². The van der Waals surface area contributed by atoms with Crippen molar-refractivity contribution in [3.05, 3.63) is 70.8 Å². The highest BCUT2D eigenvalue weighted by Crippen LogP contribution is 2.32. The average molecular weight is 441 g/mol. The first-order valence-electron chi connectivity index (χ1n) is 13.2. The number of aryl methyl sites for hydroxylation is 3. The molecule has 180 valence electrons. The van der Waals surface area contributed by atoms with E-state index in [0.29, 0.717) is 0 Å². The largest absolute Gasteiger partial charge is 0.396 e. The Bertz CT molecular complexity index is 665. The summed E-state index contributed by atoms with van der Waals surface area (Å²) in [7, 11) is 0. The molecular weight excluding hydrogens is 392 g/mol. The molecule has 1 fully saturated rings. The first-order chi connectivity index (χ1) is 15.8. The van der Waals surface area contributed by atoms with Crippen LogP contribution in [0.15, 0.2) is 48.5 Å². The van der Waals surface area contributed by atoms with E-state index in [1.54, 1.807) is 0 Å². The van der Waals surface area contributed by atoms with Gasteiger partial charge in [0, 0.05) is 19.1 Å². The third-order valence-corrected chi connectivity index (χ3v) is 6.38. The third kappa shape index (κ3) is 10.3. The fraction of sp³-hybridized carbons (Fsp3) is 0.600. The van der Waals surface area contributed by atoms with E-state index in [9.17, 15) is 0 Å². The van der Waals surface area contributed by atoms with Crippen molar-refractivity contribution in [3.63, 3.8) is 0 Å². The van der Waals surface area contributed by atoms with E-state index in [-0.39, 0.29) is 19.1 Å². The first-order valence-corrected chi connectivity index (χ1v) is 13.2. The summed E-state index contributed by atoms with van der Waals surface area (Å²) in [6.45, 7) is 8.16. The number of aliphatic hydroxyl groups excluding tert-OH is 2. The van der Waals surface area contributed by atoms with Gasteiger partial charge < -0.3 is 10.2 Å².